The molecule has 0 unspecified atom stereocenters. The Bertz CT molecular complexity index is 1040. The van der Waals surface area contributed by atoms with Gasteiger partial charge in [-0.15, -0.1) is 0 Å². The molecule has 1 amide bonds. The summed E-state index contributed by atoms with van der Waals surface area (Å²) in [4.78, 5) is 34.1. The number of piperidine rings is 1. The van der Waals surface area contributed by atoms with Gasteiger partial charge in [0.1, 0.15) is 0 Å². The standard InChI is InChI=1S/C23H25ClN4O3/c24-18-4-2-16(3-5-18)22(29)17-8-11-28(12-9-17)10-1-13-31-23(30)27-19-6-7-20-21(14-19)26-15-25-20/h2-7,14-15,17H,1,8-13H2,(H,25,26)(H,27,30). The molecule has 3 aromatic rings. The number of ether oxygens (including phenoxy) is 1. The van der Waals surface area contributed by atoms with Crippen LogP contribution in [0.5, 0.6) is 0 Å². The van der Waals surface area contributed by atoms with Gasteiger partial charge >= 0.3 is 6.09 Å². The SMILES string of the molecule is O=C(Nc1ccc2[nH]cnc2c1)OCCCN1CCC(C(=O)c2ccc(Cl)cc2)CC1. The summed E-state index contributed by atoms with van der Waals surface area (Å²) < 4.78 is 5.29. The molecule has 162 valence electrons. The second kappa shape index (κ2) is 9.94. The van der Waals surface area contributed by atoms with Crippen LogP contribution in [0.15, 0.2) is 48.8 Å². The number of anilines is 1. The molecule has 0 radical (unpaired) electrons. The van der Waals surface area contributed by atoms with Gasteiger partial charge in [-0.1, -0.05) is 11.6 Å². The molecule has 1 aliphatic rings. The first kappa shape index (κ1) is 21.3. The third kappa shape index (κ3) is 5.62. The van der Waals surface area contributed by atoms with Crippen molar-refractivity contribution in [2.45, 2.75) is 19.3 Å². The van der Waals surface area contributed by atoms with Crippen LogP contribution in [0, 0.1) is 5.92 Å². The first-order valence-electron chi connectivity index (χ1n) is 10.5. The smallest absolute Gasteiger partial charge is 0.411 e. The van der Waals surface area contributed by atoms with Crippen molar-refractivity contribution in [3.05, 3.63) is 59.4 Å². The molecule has 0 aliphatic carbocycles. The van der Waals surface area contributed by atoms with Crippen LogP contribution in [0.3, 0.4) is 0 Å². The average Bonchev–Trinajstić information content (AvgIpc) is 3.25. The number of halogens is 1. The number of likely N-dealkylation sites (tertiary alicyclic amines) is 1. The van der Waals surface area contributed by atoms with Crippen molar-refractivity contribution in [2.24, 2.45) is 5.92 Å². The van der Waals surface area contributed by atoms with Crippen LogP contribution < -0.4 is 5.32 Å². The van der Waals surface area contributed by atoms with Crippen LogP contribution in [0.1, 0.15) is 29.6 Å². The number of benzene rings is 2. The molecule has 0 atom stereocenters. The maximum atomic E-state index is 12.6. The van der Waals surface area contributed by atoms with Gasteiger partial charge in [0.05, 0.1) is 24.0 Å². The number of H-pyrrole nitrogens is 1. The Morgan fingerprint density at radius 2 is 1.94 bits per heavy atom. The number of hydrogen-bond donors (Lipinski definition) is 2. The Kier molecular flexibility index (Phi) is 6.84. The number of nitrogens with zero attached hydrogens (tertiary/aromatic N) is 2. The maximum absolute atomic E-state index is 12.6. The van der Waals surface area contributed by atoms with E-state index >= 15 is 0 Å². The fourth-order valence-electron chi connectivity index (χ4n) is 3.89. The Morgan fingerprint density at radius 1 is 1.16 bits per heavy atom. The van der Waals surface area contributed by atoms with Gasteiger partial charge in [0.15, 0.2) is 5.78 Å². The lowest BCUT2D eigenvalue weighted by Gasteiger charge is -2.31. The summed E-state index contributed by atoms with van der Waals surface area (Å²) >= 11 is 5.90. The predicted octanol–water partition coefficient (Wildman–Crippen LogP) is 4.75. The molecule has 1 saturated heterocycles. The molecule has 0 spiro atoms. The van der Waals surface area contributed by atoms with Gasteiger partial charge in [0.2, 0.25) is 0 Å². The zero-order valence-electron chi connectivity index (χ0n) is 17.1. The maximum Gasteiger partial charge on any atom is 0.411 e. The first-order chi connectivity index (χ1) is 15.1. The number of carbonyl (C=O) groups excluding carboxylic acids is 2. The lowest BCUT2D eigenvalue weighted by atomic mass is 9.89. The average molecular weight is 441 g/mol. The van der Waals surface area contributed by atoms with E-state index in [2.05, 4.69) is 20.2 Å². The largest absolute Gasteiger partial charge is 0.449 e. The van der Waals surface area contributed by atoms with Crippen molar-refractivity contribution in [1.29, 1.82) is 0 Å². The highest BCUT2D eigenvalue weighted by molar-refractivity contribution is 6.30. The molecule has 4 rings (SSSR count). The van der Waals surface area contributed by atoms with Crippen LogP contribution in [0.25, 0.3) is 11.0 Å². The van der Waals surface area contributed by atoms with Crippen molar-refractivity contribution in [2.75, 3.05) is 31.6 Å². The number of amides is 1. The summed E-state index contributed by atoms with van der Waals surface area (Å²) in [6.45, 7) is 2.94. The van der Waals surface area contributed by atoms with Gasteiger partial charge in [0.25, 0.3) is 0 Å². The van der Waals surface area contributed by atoms with Crippen LogP contribution in [-0.4, -0.2) is 53.0 Å². The van der Waals surface area contributed by atoms with Gasteiger partial charge in [-0.25, -0.2) is 9.78 Å². The summed E-state index contributed by atoms with van der Waals surface area (Å²) in [6, 6.07) is 12.6. The molecule has 2 aromatic carbocycles. The summed E-state index contributed by atoms with van der Waals surface area (Å²) in [6.07, 6.45) is 3.59. The number of aromatic nitrogens is 2. The zero-order chi connectivity index (χ0) is 21.6. The monoisotopic (exact) mass is 440 g/mol. The molecule has 0 bridgehead atoms. The summed E-state index contributed by atoms with van der Waals surface area (Å²) in [5, 5.41) is 3.36. The number of ketones is 1. The molecule has 0 saturated carbocycles. The highest BCUT2D eigenvalue weighted by atomic mass is 35.5. The van der Waals surface area contributed by atoms with E-state index in [1.807, 2.05) is 6.07 Å². The number of nitrogens with one attached hydrogen (secondary N) is 2. The van der Waals surface area contributed by atoms with E-state index in [4.69, 9.17) is 16.3 Å². The molecule has 8 heteroatoms. The summed E-state index contributed by atoms with van der Waals surface area (Å²) in [7, 11) is 0. The zero-order valence-corrected chi connectivity index (χ0v) is 17.9. The number of carbonyl (C=O) groups is 2. The van der Waals surface area contributed by atoms with Crippen LogP contribution in [0.2, 0.25) is 5.02 Å². The number of hydrogen-bond acceptors (Lipinski definition) is 5. The van der Waals surface area contributed by atoms with Crippen molar-refractivity contribution in [3.63, 3.8) is 0 Å². The Morgan fingerprint density at radius 3 is 2.71 bits per heavy atom. The van der Waals surface area contributed by atoms with Crippen LogP contribution in [-0.2, 0) is 4.74 Å². The normalized spacial score (nSPS) is 15.1. The topological polar surface area (TPSA) is 87.3 Å². The fourth-order valence-corrected chi connectivity index (χ4v) is 4.01. The summed E-state index contributed by atoms with van der Waals surface area (Å²) in [5.41, 5.74) is 3.08. The second-order valence-corrected chi connectivity index (χ2v) is 8.17. The number of fused-ring (bicyclic) bond motifs is 1. The Labute approximate surface area is 185 Å². The van der Waals surface area contributed by atoms with E-state index in [0.717, 1.165) is 55.5 Å². The Balaban J connectivity index is 1.13. The minimum Gasteiger partial charge on any atom is -0.449 e. The van der Waals surface area contributed by atoms with Crippen molar-refractivity contribution in [3.8, 4) is 0 Å². The highest BCUT2D eigenvalue weighted by Crippen LogP contribution is 2.23. The lowest BCUT2D eigenvalue weighted by Crippen LogP contribution is -2.37. The molecular weight excluding hydrogens is 416 g/mol. The molecule has 31 heavy (non-hydrogen) atoms. The number of imidazole rings is 1. The van der Waals surface area contributed by atoms with Gasteiger partial charge in [-0.3, -0.25) is 10.1 Å². The molecule has 7 nitrogen and oxygen atoms in total. The van der Waals surface area contributed by atoms with Gasteiger partial charge in [-0.2, -0.15) is 0 Å². The van der Waals surface area contributed by atoms with E-state index < -0.39 is 6.09 Å². The molecule has 2 N–H and O–H groups in total. The van der Waals surface area contributed by atoms with E-state index in [0.29, 0.717) is 17.3 Å². The molecular formula is C23H25ClN4O3. The molecule has 1 fully saturated rings. The third-order valence-electron chi connectivity index (χ3n) is 5.61. The number of Topliss-reactive ketones (excluding diaryl/α,β-unsaturated/α-hetero) is 1. The van der Waals surface area contributed by atoms with Crippen LogP contribution >= 0.6 is 11.6 Å². The minimum absolute atomic E-state index is 0.0614. The van der Waals surface area contributed by atoms with E-state index in [-0.39, 0.29) is 11.7 Å². The highest BCUT2D eigenvalue weighted by Gasteiger charge is 2.25. The summed E-state index contributed by atoms with van der Waals surface area (Å²) in [5.74, 6) is 0.260. The molecule has 1 aliphatic heterocycles. The minimum atomic E-state index is -0.470. The van der Waals surface area contributed by atoms with Gasteiger partial charge in [-0.05, 0) is 74.8 Å². The molecule has 1 aromatic heterocycles. The lowest BCUT2D eigenvalue weighted by molar-refractivity contribution is 0.0830. The van der Waals surface area contributed by atoms with E-state index in [9.17, 15) is 9.59 Å². The van der Waals surface area contributed by atoms with Crippen molar-refractivity contribution < 1.29 is 14.3 Å². The van der Waals surface area contributed by atoms with E-state index in [1.54, 1.807) is 42.7 Å². The van der Waals surface area contributed by atoms with Crippen molar-refractivity contribution in [1.82, 2.24) is 14.9 Å². The van der Waals surface area contributed by atoms with Gasteiger partial charge in [0, 0.05) is 28.7 Å². The quantitative estimate of drug-likeness (QED) is 0.409. The first-order valence-corrected chi connectivity index (χ1v) is 10.9. The fraction of sp³-hybridized carbons (Fsp3) is 0.348. The second-order valence-electron chi connectivity index (χ2n) is 7.74. The van der Waals surface area contributed by atoms with Crippen LogP contribution in [0.4, 0.5) is 10.5 Å². The number of rotatable bonds is 7. The third-order valence-corrected chi connectivity index (χ3v) is 5.86. The Hall–Kier alpha value is -2.90. The van der Waals surface area contributed by atoms with Crippen molar-refractivity contribution >= 4 is 40.2 Å². The predicted molar refractivity (Wildman–Crippen MR) is 121 cm³/mol. The van der Waals surface area contributed by atoms with E-state index in [1.165, 1.54) is 0 Å². The number of aromatic amines is 1. The molecule has 2 heterocycles. The van der Waals surface area contributed by atoms with Gasteiger partial charge < -0.3 is 14.6 Å².